The molecule has 0 aliphatic heterocycles. The molecule has 3 rings (SSSR count). The lowest BCUT2D eigenvalue weighted by atomic mass is 9.88. The summed E-state index contributed by atoms with van der Waals surface area (Å²) >= 11 is 0. The van der Waals surface area contributed by atoms with E-state index in [1.165, 1.54) is 12.5 Å². The Hall–Kier alpha value is -3.74. The minimum atomic E-state index is -0.960. The summed E-state index contributed by atoms with van der Waals surface area (Å²) in [6.45, 7) is 6.95. The van der Waals surface area contributed by atoms with Gasteiger partial charge in [-0.15, -0.1) is 0 Å². The molecule has 0 bridgehead atoms. The number of aromatic nitrogens is 2. The number of imidazole rings is 1. The Morgan fingerprint density at radius 2 is 1.60 bits per heavy atom. The number of nitrogens with zero attached hydrogens (tertiary/aromatic N) is 2. The largest absolute Gasteiger partial charge is 0.344 e. The summed E-state index contributed by atoms with van der Waals surface area (Å²) < 4.78 is 1.71. The molecular weight excluding hydrogens is 440 g/mol. The Morgan fingerprint density at radius 1 is 0.971 bits per heavy atom. The molecule has 0 spiro atoms. The SMILES string of the molecule is CC(=O)C(C)(c1ccccc1)n1cnc(NC(=O)[C@@H](CCCc2ccccc2)NC(=O)C(C)C)c1. The number of anilines is 1. The van der Waals surface area contributed by atoms with Crippen molar-refractivity contribution in [1.82, 2.24) is 14.9 Å². The van der Waals surface area contributed by atoms with Gasteiger partial charge in [-0.3, -0.25) is 14.4 Å². The van der Waals surface area contributed by atoms with Crippen LogP contribution in [0.3, 0.4) is 0 Å². The van der Waals surface area contributed by atoms with Crippen molar-refractivity contribution in [2.75, 3.05) is 5.32 Å². The van der Waals surface area contributed by atoms with Crippen LogP contribution in [0.15, 0.2) is 73.2 Å². The molecule has 0 fully saturated rings. The average molecular weight is 475 g/mol. The Kier molecular flexibility index (Phi) is 8.58. The van der Waals surface area contributed by atoms with Gasteiger partial charge in [-0.05, 0) is 44.2 Å². The van der Waals surface area contributed by atoms with Gasteiger partial charge in [0, 0.05) is 12.1 Å². The predicted octanol–water partition coefficient (Wildman–Crippen LogP) is 4.34. The van der Waals surface area contributed by atoms with Crippen LogP contribution in [0.1, 0.15) is 51.7 Å². The van der Waals surface area contributed by atoms with Crippen LogP contribution in [0.25, 0.3) is 0 Å². The fraction of sp³-hybridized carbons (Fsp3) is 0.357. The first-order valence-corrected chi connectivity index (χ1v) is 12.0. The maximum absolute atomic E-state index is 13.1. The highest BCUT2D eigenvalue weighted by atomic mass is 16.2. The molecule has 2 amide bonds. The molecule has 2 aromatic carbocycles. The highest BCUT2D eigenvalue weighted by Gasteiger charge is 2.34. The number of rotatable bonds is 11. The fourth-order valence-corrected chi connectivity index (χ4v) is 3.90. The number of amides is 2. The number of carbonyl (C=O) groups excluding carboxylic acids is 3. The van der Waals surface area contributed by atoms with Gasteiger partial charge < -0.3 is 15.2 Å². The van der Waals surface area contributed by atoms with Gasteiger partial charge in [0.1, 0.15) is 11.6 Å². The summed E-state index contributed by atoms with van der Waals surface area (Å²) in [5.74, 6) is -0.474. The third kappa shape index (κ3) is 6.44. The number of ketones is 1. The summed E-state index contributed by atoms with van der Waals surface area (Å²) in [4.78, 5) is 42.5. The van der Waals surface area contributed by atoms with E-state index in [1.807, 2.05) is 67.6 Å². The van der Waals surface area contributed by atoms with Gasteiger partial charge in [-0.25, -0.2) is 4.98 Å². The van der Waals surface area contributed by atoms with E-state index in [0.29, 0.717) is 12.2 Å². The molecule has 7 nitrogen and oxygen atoms in total. The van der Waals surface area contributed by atoms with Crippen molar-refractivity contribution in [2.45, 2.75) is 58.5 Å². The summed E-state index contributed by atoms with van der Waals surface area (Å²) in [5, 5.41) is 5.69. The molecule has 3 aromatic rings. The standard InChI is InChI=1S/C28H34N4O3/c1-20(2)26(34)30-24(17-11-14-22-12-7-5-8-13-22)27(35)31-25-18-32(19-29-25)28(4,21(3)33)23-15-9-6-10-16-23/h5-10,12-13,15-16,18-20,24H,11,14,17H2,1-4H3,(H,30,34)(H,31,35)/t24-,28?/m1/s1. The first kappa shape index (κ1) is 25.9. The van der Waals surface area contributed by atoms with Crippen LogP contribution >= 0.6 is 0 Å². The van der Waals surface area contributed by atoms with E-state index in [1.54, 1.807) is 30.9 Å². The van der Waals surface area contributed by atoms with Gasteiger partial charge in [0.15, 0.2) is 11.6 Å². The summed E-state index contributed by atoms with van der Waals surface area (Å²) in [6.07, 6.45) is 5.24. The Morgan fingerprint density at radius 3 is 2.20 bits per heavy atom. The third-order valence-electron chi connectivity index (χ3n) is 6.33. The summed E-state index contributed by atoms with van der Waals surface area (Å²) in [6, 6.07) is 18.8. The highest BCUT2D eigenvalue weighted by molar-refractivity contribution is 5.96. The number of carbonyl (C=O) groups is 3. The number of aryl methyl sites for hydroxylation is 1. The zero-order chi connectivity index (χ0) is 25.4. The second-order valence-electron chi connectivity index (χ2n) is 9.24. The van der Waals surface area contributed by atoms with Crippen LogP contribution in [-0.4, -0.2) is 33.2 Å². The van der Waals surface area contributed by atoms with Gasteiger partial charge >= 0.3 is 0 Å². The molecule has 2 N–H and O–H groups in total. The van der Waals surface area contributed by atoms with Crippen molar-refractivity contribution in [3.63, 3.8) is 0 Å². The lowest BCUT2D eigenvalue weighted by molar-refractivity contribution is -0.128. The van der Waals surface area contributed by atoms with E-state index in [2.05, 4.69) is 15.6 Å². The number of hydrogen-bond donors (Lipinski definition) is 2. The molecular formula is C28H34N4O3. The number of hydrogen-bond acceptors (Lipinski definition) is 4. The van der Waals surface area contributed by atoms with Crippen LogP contribution in [0.4, 0.5) is 5.82 Å². The van der Waals surface area contributed by atoms with Crippen LogP contribution < -0.4 is 10.6 Å². The fourth-order valence-electron chi connectivity index (χ4n) is 3.90. The molecule has 0 radical (unpaired) electrons. The van der Waals surface area contributed by atoms with Gasteiger partial charge in [0.2, 0.25) is 11.8 Å². The van der Waals surface area contributed by atoms with E-state index in [-0.39, 0.29) is 23.5 Å². The normalized spacial score (nSPS) is 13.6. The number of nitrogens with one attached hydrogen (secondary N) is 2. The maximum Gasteiger partial charge on any atom is 0.248 e. The molecule has 1 heterocycles. The van der Waals surface area contributed by atoms with Gasteiger partial charge in [0.05, 0.1) is 6.33 Å². The second kappa shape index (κ2) is 11.6. The minimum Gasteiger partial charge on any atom is -0.344 e. The lowest BCUT2D eigenvalue weighted by Crippen LogP contribution is -2.45. The van der Waals surface area contributed by atoms with Crippen molar-refractivity contribution >= 4 is 23.4 Å². The van der Waals surface area contributed by atoms with E-state index in [4.69, 9.17) is 0 Å². The van der Waals surface area contributed by atoms with Crippen molar-refractivity contribution in [1.29, 1.82) is 0 Å². The predicted molar refractivity (Wildman–Crippen MR) is 137 cm³/mol. The Bertz CT molecular complexity index is 1140. The zero-order valence-corrected chi connectivity index (χ0v) is 20.8. The van der Waals surface area contributed by atoms with Crippen molar-refractivity contribution in [2.24, 2.45) is 5.92 Å². The zero-order valence-electron chi connectivity index (χ0n) is 20.8. The molecule has 2 atom stereocenters. The lowest BCUT2D eigenvalue weighted by Gasteiger charge is -2.28. The average Bonchev–Trinajstić information content (AvgIpc) is 3.32. The van der Waals surface area contributed by atoms with E-state index >= 15 is 0 Å². The quantitative estimate of drug-likeness (QED) is 0.432. The van der Waals surface area contributed by atoms with Gasteiger partial charge in [-0.1, -0.05) is 74.5 Å². The van der Waals surface area contributed by atoms with Gasteiger partial charge in [0.25, 0.3) is 0 Å². The molecule has 0 saturated heterocycles. The van der Waals surface area contributed by atoms with Crippen LogP contribution in [-0.2, 0) is 26.3 Å². The third-order valence-corrected chi connectivity index (χ3v) is 6.33. The smallest absolute Gasteiger partial charge is 0.248 e. The Balaban J connectivity index is 1.74. The minimum absolute atomic E-state index is 0.0537. The van der Waals surface area contributed by atoms with Crippen molar-refractivity contribution in [3.05, 3.63) is 84.3 Å². The molecule has 35 heavy (non-hydrogen) atoms. The summed E-state index contributed by atoms with van der Waals surface area (Å²) in [7, 11) is 0. The first-order chi connectivity index (χ1) is 16.7. The van der Waals surface area contributed by atoms with Crippen LogP contribution in [0.5, 0.6) is 0 Å². The van der Waals surface area contributed by atoms with Crippen LogP contribution in [0, 0.1) is 5.92 Å². The number of benzene rings is 2. The van der Waals surface area contributed by atoms with E-state index < -0.39 is 11.6 Å². The molecule has 0 aliphatic carbocycles. The molecule has 1 aromatic heterocycles. The number of Topliss-reactive ketones (excluding diaryl/α,β-unsaturated/α-hetero) is 1. The molecule has 1 unspecified atom stereocenters. The molecule has 7 heteroatoms. The van der Waals surface area contributed by atoms with Gasteiger partial charge in [-0.2, -0.15) is 0 Å². The molecule has 0 aliphatic rings. The van der Waals surface area contributed by atoms with Crippen molar-refractivity contribution < 1.29 is 14.4 Å². The maximum atomic E-state index is 13.1. The Labute approximate surface area is 207 Å². The van der Waals surface area contributed by atoms with E-state index in [9.17, 15) is 14.4 Å². The monoisotopic (exact) mass is 474 g/mol. The highest BCUT2D eigenvalue weighted by Crippen LogP contribution is 2.28. The topological polar surface area (TPSA) is 93.1 Å². The molecule has 0 saturated carbocycles. The summed E-state index contributed by atoms with van der Waals surface area (Å²) in [5.41, 5.74) is 1.05. The van der Waals surface area contributed by atoms with Crippen molar-refractivity contribution in [3.8, 4) is 0 Å². The first-order valence-electron chi connectivity index (χ1n) is 12.0. The second-order valence-corrected chi connectivity index (χ2v) is 9.24. The molecule has 184 valence electrons. The van der Waals surface area contributed by atoms with Crippen LogP contribution in [0.2, 0.25) is 0 Å². The van der Waals surface area contributed by atoms with E-state index in [0.717, 1.165) is 18.4 Å².